The molecule has 0 unspecified atom stereocenters. The first-order valence-electron chi connectivity index (χ1n) is 8.90. The van der Waals surface area contributed by atoms with Crippen molar-refractivity contribution in [2.24, 2.45) is 7.05 Å². The molecule has 1 aliphatic heterocycles. The van der Waals surface area contributed by atoms with Crippen LogP contribution in [-0.4, -0.2) is 52.1 Å². The van der Waals surface area contributed by atoms with Crippen molar-refractivity contribution in [2.45, 2.75) is 38.8 Å². The molecule has 0 fully saturated rings. The largest absolute Gasteiger partial charge is 0.328 e. The zero-order chi connectivity index (χ0) is 17.8. The molecule has 1 atom stereocenters. The molecule has 3 aromatic rings. The molecule has 0 aromatic carbocycles. The second kappa shape index (κ2) is 5.52. The Hall–Kier alpha value is -2.97. The highest BCUT2D eigenvalue weighted by Crippen LogP contribution is 2.29. The predicted molar refractivity (Wildman–Crippen MR) is 92.3 cm³/mol. The summed E-state index contributed by atoms with van der Waals surface area (Å²) in [4.78, 5) is 14.9. The van der Waals surface area contributed by atoms with Gasteiger partial charge in [-0.25, -0.2) is 0 Å². The molecule has 0 radical (unpaired) electrons. The van der Waals surface area contributed by atoms with E-state index in [4.69, 9.17) is 0 Å². The van der Waals surface area contributed by atoms with Gasteiger partial charge in [-0.2, -0.15) is 10.2 Å². The highest BCUT2D eigenvalue weighted by Gasteiger charge is 2.33. The normalized spacial score (nSPS) is 18.8. The van der Waals surface area contributed by atoms with E-state index in [1.54, 1.807) is 10.9 Å². The van der Waals surface area contributed by atoms with Crippen LogP contribution in [0.2, 0.25) is 0 Å². The van der Waals surface area contributed by atoms with Gasteiger partial charge in [-0.05, 0) is 26.2 Å². The van der Waals surface area contributed by atoms with Crippen molar-refractivity contribution in [1.29, 1.82) is 0 Å². The third-order valence-electron chi connectivity index (χ3n) is 5.28. The van der Waals surface area contributed by atoms with Crippen LogP contribution in [0.3, 0.4) is 0 Å². The molecule has 9 heteroatoms. The van der Waals surface area contributed by atoms with E-state index in [1.807, 2.05) is 18.1 Å². The van der Waals surface area contributed by atoms with Crippen LogP contribution < -0.4 is 0 Å². The van der Waals surface area contributed by atoms with Crippen LogP contribution in [0.4, 0.5) is 0 Å². The van der Waals surface area contributed by atoms with Crippen molar-refractivity contribution >= 4 is 5.91 Å². The molecule has 134 valence electrons. The predicted octanol–water partition coefficient (Wildman–Crippen LogP) is 1.11. The summed E-state index contributed by atoms with van der Waals surface area (Å²) in [5, 5.41) is 20.2. The molecule has 1 aliphatic carbocycles. The molecule has 4 heterocycles. The van der Waals surface area contributed by atoms with E-state index < -0.39 is 0 Å². The Morgan fingerprint density at radius 3 is 3.00 bits per heavy atom. The van der Waals surface area contributed by atoms with Gasteiger partial charge in [0.1, 0.15) is 0 Å². The lowest BCUT2D eigenvalue weighted by atomic mass is 10.1. The lowest BCUT2D eigenvalue weighted by Crippen LogP contribution is -2.41. The number of carbonyl (C=O) groups is 1. The van der Waals surface area contributed by atoms with Crippen molar-refractivity contribution in [3.63, 3.8) is 0 Å². The third-order valence-corrected chi connectivity index (χ3v) is 5.28. The molecule has 26 heavy (non-hydrogen) atoms. The van der Waals surface area contributed by atoms with Gasteiger partial charge in [-0.1, -0.05) is 0 Å². The van der Waals surface area contributed by atoms with E-state index in [9.17, 15) is 4.79 Å². The fourth-order valence-electron chi connectivity index (χ4n) is 4.06. The van der Waals surface area contributed by atoms with E-state index in [0.29, 0.717) is 18.8 Å². The number of nitrogens with one attached hydrogen (secondary N) is 1. The second-order valence-corrected chi connectivity index (χ2v) is 7.13. The molecule has 3 aromatic heterocycles. The number of rotatable bonds is 2. The first-order chi connectivity index (χ1) is 12.6. The molecule has 9 nitrogen and oxygen atoms in total. The molecular formula is C17H20N8O. The van der Waals surface area contributed by atoms with Crippen molar-refractivity contribution in [3.8, 4) is 11.4 Å². The Morgan fingerprint density at radius 2 is 2.19 bits per heavy atom. The summed E-state index contributed by atoms with van der Waals surface area (Å²) in [5.41, 5.74) is 3.71. The average molecular weight is 352 g/mol. The molecule has 2 aliphatic rings. The lowest BCUT2D eigenvalue weighted by molar-refractivity contribution is 0.0675. The quantitative estimate of drug-likeness (QED) is 0.745. The van der Waals surface area contributed by atoms with Gasteiger partial charge in [-0.15, -0.1) is 10.2 Å². The molecule has 1 N–H and O–H groups in total. The number of amides is 1. The Morgan fingerprint density at radius 1 is 1.31 bits per heavy atom. The fraction of sp³-hybridized carbons (Fsp3) is 0.471. The van der Waals surface area contributed by atoms with E-state index >= 15 is 0 Å². The van der Waals surface area contributed by atoms with E-state index in [1.165, 1.54) is 0 Å². The van der Waals surface area contributed by atoms with Crippen molar-refractivity contribution < 1.29 is 4.79 Å². The summed E-state index contributed by atoms with van der Waals surface area (Å²) in [6, 6.07) is 0.0832. The van der Waals surface area contributed by atoms with Crippen molar-refractivity contribution in [3.05, 3.63) is 35.2 Å². The van der Waals surface area contributed by atoms with Gasteiger partial charge in [0, 0.05) is 31.0 Å². The van der Waals surface area contributed by atoms with E-state index in [-0.39, 0.29) is 11.9 Å². The monoisotopic (exact) mass is 352 g/mol. The highest BCUT2D eigenvalue weighted by molar-refractivity contribution is 5.94. The summed E-state index contributed by atoms with van der Waals surface area (Å²) in [7, 11) is 1.88. The number of nitrogens with zero attached hydrogens (tertiary/aromatic N) is 7. The van der Waals surface area contributed by atoms with Gasteiger partial charge >= 0.3 is 0 Å². The molecule has 0 saturated carbocycles. The first kappa shape index (κ1) is 15.3. The number of aryl methyl sites for hydroxylation is 2. The molecule has 0 bridgehead atoms. The molecule has 1 amide bonds. The molecule has 5 rings (SSSR count). The number of aromatic nitrogens is 7. The van der Waals surface area contributed by atoms with Crippen LogP contribution in [0, 0.1) is 0 Å². The lowest BCUT2D eigenvalue weighted by Gasteiger charge is -2.32. The number of H-pyrrole nitrogens is 1. The third kappa shape index (κ3) is 2.19. The minimum absolute atomic E-state index is 0.0200. The standard InChI is InChI=1S/C17H20N8O/c1-10-7-24(17(26)15-12-4-3-5-13(12)19-21-15)9-14-20-22-16(25(10)14)11-6-18-23(2)8-11/h6,8,10H,3-5,7,9H2,1-2H3,(H,19,21)/t10-/m0/s1. The summed E-state index contributed by atoms with van der Waals surface area (Å²) >= 11 is 0. The summed E-state index contributed by atoms with van der Waals surface area (Å²) in [6.07, 6.45) is 6.71. The smallest absolute Gasteiger partial charge is 0.275 e. The van der Waals surface area contributed by atoms with Gasteiger partial charge in [0.25, 0.3) is 5.91 Å². The van der Waals surface area contributed by atoms with Crippen LogP contribution in [0.5, 0.6) is 0 Å². The van der Waals surface area contributed by atoms with Gasteiger partial charge in [-0.3, -0.25) is 14.6 Å². The minimum Gasteiger partial charge on any atom is -0.328 e. The fourth-order valence-corrected chi connectivity index (χ4v) is 4.06. The van der Waals surface area contributed by atoms with E-state index in [0.717, 1.165) is 47.7 Å². The number of hydrogen-bond acceptors (Lipinski definition) is 5. The van der Waals surface area contributed by atoms with Crippen LogP contribution in [0.1, 0.15) is 47.0 Å². The molecule has 0 saturated heterocycles. The van der Waals surface area contributed by atoms with Crippen LogP contribution in [0.15, 0.2) is 12.4 Å². The number of aromatic amines is 1. The molecular weight excluding hydrogens is 332 g/mol. The van der Waals surface area contributed by atoms with Crippen molar-refractivity contribution in [2.75, 3.05) is 6.54 Å². The Kier molecular flexibility index (Phi) is 3.25. The Balaban J connectivity index is 1.46. The SMILES string of the molecule is C[C@H]1CN(C(=O)c2n[nH]c3c2CCC3)Cc2nnc(-c3cnn(C)c3)n21. The first-order valence-corrected chi connectivity index (χ1v) is 8.90. The van der Waals surface area contributed by atoms with E-state index in [2.05, 4.69) is 37.0 Å². The topological polar surface area (TPSA) is 97.5 Å². The zero-order valence-electron chi connectivity index (χ0n) is 14.8. The number of hydrogen-bond donors (Lipinski definition) is 1. The Labute approximate surface area is 150 Å². The van der Waals surface area contributed by atoms with Gasteiger partial charge in [0.05, 0.1) is 24.3 Å². The van der Waals surface area contributed by atoms with Gasteiger partial charge in [0.2, 0.25) is 0 Å². The van der Waals surface area contributed by atoms with Crippen LogP contribution in [0.25, 0.3) is 11.4 Å². The molecule has 0 spiro atoms. The van der Waals surface area contributed by atoms with Crippen LogP contribution in [-0.2, 0) is 26.4 Å². The maximum absolute atomic E-state index is 13.0. The maximum atomic E-state index is 13.0. The van der Waals surface area contributed by atoms with Gasteiger partial charge in [0.15, 0.2) is 17.3 Å². The zero-order valence-corrected chi connectivity index (χ0v) is 14.8. The van der Waals surface area contributed by atoms with Crippen LogP contribution >= 0.6 is 0 Å². The maximum Gasteiger partial charge on any atom is 0.275 e. The summed E-state index contributed by atoms with van der Waals surface area (Å²) in [5.74, 6) is 1.57. The Bertz CT molecular complexity index is 996. The minimum atomic E-state index is -0.0200. The second-order valence-electron chi connectivity index (χ2n) is 7.13. The number of carbonyl (C=O) groups excluding carboxylic acids is 1. The average Bonchev–Trinajstić information content (AvgIpc) is 3.37. The van der Waals surface area contributed by atoms with Crippen molar-refractivity contribution in [1.82, 2.24) is 39.6 Å². The van der Waals surface area contributed by atoms with Gasteiger partial charge < -0.3 is 9.47 Å². The highest BCUT2D eigenvalue weighted by atomic mass is 16.2. The summed E-state index contributed by atoms with van der Waals surface area (Å²) < 4.78 is 3.86. The number of fused-ring (bicyclic) bond motifs is 2. The summed E-state index contributed by atoms with van der Waals surface area (Å²) in [6.45, 7) is 3.14.